The van der Waals surface area contributed by atoms with Gasteiger partial charge in [-0.25, -0.2) is 4.39 Å². The smallest absolute Gasteiger partial charge is 0.164 e. The maximum absolute atomic E-state index is 13.0. The first-order valence-corrected chi connectivity index (χ1v) is 5.13. The Morgan fingerprint density at radius 3 is 2.85 bits per heavy atom. The van der Waals surface area contributed by atoms with Crippen LogP contribution >= 0.6 is 15.9 Å². The minimum absolute atomic E-state index is 0.0196. The third-order valence-electron chi connectivity index (χ3n) is 1.89. The van der Waals surface area contributed by atoms with E-state index >= 15 is 0 Å². The molecule has 0 amide bonds. The van der Waals surface area contributed by atoms with Gasteiger partial charge in [-0.2, -0.15) is 0 Å². The Bertz CT molecular complexity index is 323. The van der Waals surface area contributed by atoms with Crippen molar-refractivity contribution in [3.05, 3.63) is 35.1 Å². The molecule has 0 N–H and O–H groups in total. The second-order valence-electron chi connectivity index (χ2n) is 2.77. The van der Waals surface area contributed by atoms with Crippen LogP contribution in [0.3, 0.4) is 0 Å². The molecule has 0 spiro atoms. The molecule has 0 atom stereocenters. The third kappa shape index (κ3) is 2.37. The van der Waals surface area contributed by atoms with Gasteiger partial charge in [-0.15, -0.1) is 0 Å². The highest BCUT2D eigenvalue weighted by atomic mass is 79.9. The molecule has 13 heavy (non-hydrogen) atoms. The molecular formula is C10H10BrFO. The van der Waals surface area contributed by atoms with Gasteiger partial charge in [-0.1, -0.05) is 28.1 Å². The second kappa shape index (κ2) is 4.51. The fraction of sp³-hybridized carbons (Fsp3) is 0.300. The zero-order valence-electron chi connectivity index (χ0n) is 7.31. The van der Waals surface area contributed by atoms with E-state index in [2.05, 4.69) is 15.9 Å². The van der Waals surface area contributed by atoms with E-state index in [0.717, 1.165) is 0 Å². The summed E-state index contributed by atoms with van der Waals surface area (Å²) < 4.78 is 13.0. The maximum atomic E-state index is 13.0. The number of rotatable bonds is 3. The topological polar surface area (TPSA) is 17.1 Å². The Balaban J connectivity index is 3.01. The van der Waals surface area contributed by atoms with E-state index in [-0.39, 0.29) is 11.6 Å². The van der Waals surface area contributed by atoms with Crippen molar-refractivity contribution in [3.8, 4) is 0 Å². The van der Waals surface area contributed by atoms with E-state index < -0.39 is 0 Å². The molecule has 0 saturated heterocycles. The fourth-order valence-electron chi connectivity index (χ4n) is 1.13. The first-order valence-electron chi connectivity index (χ1n) is 4.01. The van der Waals surface area contributed by atoms with Crippen molar-refractivity contribution in [1.29, 1.82) is 0 Å². The minimum atomic E-state index is -0.319. The standard InChI is InChI=1S/C10H10BrFO/c1-7-8(10(13)5-6-11)3-2-4-9(7)12/h2-4H,5-6H2,1H3. The van der Waals surface area contributed by atoms with Crippen LogP contribution in [0.5, 0.6) is 0 Å². The van der Waals surface area contributed by atoms with E-state index in [1.807, 2.05) is 0 Å². The van der Waals surface area contributed by atoms with Crippen LogP contribution < -0.4 is 0 Å². The van der Waals surface area contributed by atoms with Gasteiger partial charge in [0.15, 0.2) is 5.78 Å². The van der Waals surface area contributed by atoms with Gasteiger partial charge in [0, 0.05) is 17.3 Å². The number of alkyl halides is 1. The maximum Gasteiger partial charge on any atom is 0.164 e. The number of Topliss-reactive ketones (excluding diaryl/α,β-unsaturated/α-hetero) is 1. The van der Waals surface area contributed by atoms with Crippen molar-refractivity contribution < 1.29 is 9.18 Å². The van der Waals surface area contributed by atoms with Crippen LogP contribution in [-0.2, 0) is 0 Å². The highest BCUT2D eigenvalue weighted by molar-refractivity contribution is 9.09. The minimum Gasteiger partial charge on any atom is -0.294 e. The fourth-order valence-corrected chi connectivity index (χ4v) is 1.49. The molecule has 0 unspecified atom stereocenters. The molecule has 3 heteroatoms. The molecule has 0 saturated carbocycles. The van der Waals surface area contributed by atoms with Crippen molar-refractivity contribution >= 4 is 21.7 Å². The van der Waals surface area contributed by atoms with Crippen LogP contribution in [0.25, 0.3) is 0 Å². The number of benzene rings is 1. The monoisotopic (exact) mass is 244 g/mol. The number of hydrogen-bond acceptors (Lipinski definition) is 1. The van der Waals surface area contributed by atoms with Crippen molar-refractivity contribution in [2.45, 2.75) is 13.3 Å². The lowest BCUT2D eigenvalue weighted by molar-refractivity contribution is 0.0989. The summed E-state index contributed by atoms with van der Waals surface area (Å²) in [7, 11) is 0. The van der Waals surface area contributed by atoms with Gasteiger partial charge in [0.1, 0.15) is 5.82 Å². The molecule has 0 bridgehead atoms. The number of carbonyl (C=O) groups is 1. The van der Waals surface area contributed by atoms with Crippen molar-refractivity contribution in [2.24, 2.45) is 0 Å². The lowest BCUT2D eigenvalue weighted by Gasteiger charge is -2.03. The molecule has 0 fully saturated rings. The van der Waals surface area contributed by atoms with Crippen LogP contribution in [0.4, 0.5) is 4.39 Å². The Morgan fingerprint density at radius 1 is 1.54 bits per heavy atom. The van der Waals surface area contributed by atoms with E-state index in [4.69, 9.17) is 0 Å². The Labute approximate surface area is 85.1 Å². The number of ketones is 1. The average molecular weight is 245 g/mol. The summed E-state index contributed by atoms with van der Waals surface area (Å²) in [6.45, 7) is 1.62. The summed E-state index contributed by atoms with van der Waals surface area (Å²) in [5.74, 6) is -0.339. The first kappa shape index (κ1) is 10.4. The lowest BCUT2D eigenvalue weighted by atomic mass is 10.0. The molecule has 1 rings (SSSR count). The van der Waals surface area contributed by atoms with Crippen LogP contribution in [0.15, 0.2) is 18.2 Å². The van der Waals surface area contributed by atoms with Crippen molar-refractivity contribution in [1.82, 2.24) is 0 Å². The Kier molecular flexibility index (Phi) is 3.60. The molecule has 1 aromatic carbocycles. The van der Waals surface area contributed by atoms with Gasteiger partial charge in [-0.3, -0.25) is 4.79 Å². The quantitative estimate of drug-likeness (QED) is 0.590. The summed E-state index contributed by atoms with van der Waals surface area (Å²) in [6.07, 6.45) is 0.407. The number of hydrogen-bond donors (Lipinski definition) is 0. The summed E-state index contributed by atoms with van der Waals surface area (Å²) >= 11 is 3.18. The zero-order chi connectivity index (χ0) is 9.84. The highest BCUT2D eigenvalue weighted by Crippen LogP contribution is 2.14. The normalized spacial score (nSPS) is 10.1. The van der Waals surface area contributed by atoms with Crippen LogP contribution in [0, 0.1) is 12.7 Å². The van der Waals surface area contributed by atoms with Crippen molar-refractivity contribution in [3.63, 3.8) is 0 Å². The average Bonchev–Trinajstić information content (AvgIpc) is 2.10. The summed E-state index contributed by atoms with van der Waals surface area (Å²) in [5.41, 5.74) is 0.924. The Morgan fingerprint density at radius 2 is 2.23 bits per heavy atom. The van der Waals surface area contributed by atoms with E-state index in [1.165, 1.54) is 6.07 Å². The van der Waals surface area contributed by atoms with Crippen LogP contribution in [0.2, 0.25) is 0 Å². The molecular weight excluding hydrogens is 235 g/mol. The Hall–Kier alpha value is -0.700. The van der Waals surface area contributed by atoms with E-state index in [9.17, 15) is 9.18 Å². The van der Waals surface area contributed by atoms with Gasteiger partial charge in [0.05, 0.1) is 0 Å². The van der Waals surface area contributed by atoms with Crippen LogP contribution in [0.1, 0.15) is 22.3 Å². The SMILES string of the molecule is Cc1c(F)cccc1C(=O)CCBr. The molecule has 70 valence electrons. The third-order valence-corrected chi connectivity index (χ3v) is 2.29. The van der Waals surface area contributed by atoms with Crippen LogP contribution in [-0.4, -0.2) is 11.1 Å². The first-order chi connectivity index (χ1) is 6.16. The van der Waals surface area contributed by atoms with Gasteiger partial charge in [0.2, 0.25) is 0 Å². The number of carbonyl (C=O) groups excluding carboxylic acids is 1. The van der Waals surface area contributed by atoms with Gasteiger partial charge >= 0.3 is 0 Å². The second-order valence-corrected chi connectivity index (χ2v) is 3.57. The molecule has 0 heterocycles. The van der Waals surface area contributed by atoms with Crippen molar-refractivity contribution in [2.75, 3.05) is 5.33 Å². The zero-order valence-corrected chi connectivity index (χ0v) is 8.90. The lowest BCUT2D eigenvalue weighted by Crippen LogP contribution is -2.03. The summed E-state index contributed by atoms with van der Waals surface area (Å²) in [5, 5.41) is 0.613. The molecule has 0 radical (unpaired) electrons. The molecule has 0 aliphatic carbocycles. The summed E-state index contributed by atoms with van der Waals surface area (Å²) in [4.78, 5) is 11.4. The van der Waals surface area contributed by atoms with E-state index in [0.29, 0.717) is 22.9 Å². The molecule has 0 aromatic heterocycles. The summed E-state index contributed by atoms with van der Waals surface area (Å²) in [6, 6.07) is 4.58. The van der Waals surface area contributed by atoms with E-state index in [1.54, 1.807) is 19.1 Å². The predicted octanol–water partition coefficient (Wildman–Crippen LogP) is 3.10. The largest absolute Gasteiger partial charge is 0.294 e. The molecule has 1 nitrogen and oxygen atoms in total. The number of halogens is 2. The van der Waals surface area contributed by atoms with Gasteiger partial charge in [0.25, 0.3) is 0 Å². The molecule has 0 aliphatic heterocycles. The predicted molar refractivity (Wildman–Crippen MR) is 53.9 cm³/mol. The van der Waals surface area contributed by atoms with Gasteiger partial charge < -0.3 is 0 Å². The van der Waals surface area contributed by atoms with Gasteiger partial charge in [-0.05, 0) is 18.6 Å². The highest BCUT2D eigenvalue weighted by Gasteiger charge is 2.10. The molecule has 1 aromatic rings. The molecule has 0 aliphatic rings.